The van der Waals surface area contributed by atoms with E-state index >= 15 is 0 Å². The van der Waals surface area contributed by atoms with E-state index < -0.39 is 18.5 Å². The van der Waals surface area contributed by atoms with Gasteiger partial charge in [0.05, 0.1) is 13.0 Å². The molecule has 0 bridgehead atoms. The second-order valence-electron chi connectivity index (χ2n) is 6.76. The first-order chi connectivity index (χ1) is 14.3. The van der Waals surface area contributed by atoms with Crippen LogP contribution in [0.25, 0.3) is 0 Å². The highest BCUT2D eigenvalue weighted by Gasteiger charge is 2.16. The normalized spacial score (nSPS) is 10.1. The van der Waals surface area contributed by atoms with Crippen molar-refractivity contribution in [2.45, 2.75) is 13.3 Å². The molecule has 0 aliphatic heterocycles. The third-order valence-electron chi connectivity index (χ3n) is 4.14. The van der Waals surface area contributed by atoms with Crippen molar-refractivity contribution in [3.63, 3.8) is 0 Å². The number of benzene rings is 2. The van der Waals surface area contributed by atoms with Gasteiger partial charge in [-0.1, -0.05) is 48.0 Å². The largest absolute Gasteiger partial charge is 0.454 e. The van der Waals surface area contributed by atoms with E-state index in [0.29, 0.717) is 5.69 Å². The molecule has 2 aromatic rings. The lowest BCUT2D eigenvalue weighted by molar-refractivity contribution is -0.151. The van der Waals surface area contributed by atoms with Crippen LogP contribution in [0.4, 0.5) is 5.69 Å². The maximum atomic E-state index is 12.0. The SMILES string of the molecule is Cc1ccc(NC(=O)CN(C)C(=O)COC(=O)CNC(=O)Cc2ccccc2)cc1. The topological polar surface area (TPSA) is 105 Å². The van der Waals surface area contributed by atoms with Crippen molar-refractivity contribution in [3.05, 3.63) is 65.7 Å². The lowest BCUT2D eigenvalue weighted by Gasteiger charge is -2.17. The summed E-state index contributed by atoms with van der Waals surface area (Å²) in [6.45, 7) is 0.907. The van der Waals surface area contributed by atoms with E-state index in [4.69, 9.17) is 4.74 Å². The highest BCUT2D eigenvalue weighted by Crippen LogP contribution is 2.08. The molecule has 0 radical (unpaired) electrons. The van der Waals surface area contributed by atoms with Gasteiger partial charge in [-0.25, -0.2) is 0 Å². The fourth-order valence-electron chi connectivity index (χ4n) is 2.46. The number of anilines is 1. The summed E-state index contributed by atoms with van der Waals surface area (Å²) in [5.41, 5.74) is 2.52. The fraction of sp³-hybridized carbons (Fsp3) is 0.273. The summed E-state index contributed by atoms with van der Waals surface area (Å²) in [5, 5.41) is 5.13. The van der Waals surface area contributed by atoms with Crippen molar-refractivity contribution in [3.8, 4) is 0 Å². The number of hydrogen-bond acceptors (Lipinski definition) is 5. The van der Waals surface area contributed by atoms with Gasteiger partial charge >= 0.3 is 5.97 Å². The minimum Gasteiger partial charge on any atom is -0.454 e. The fourth-order valence-corrected chi connectivity index (χ4v) is 2.46. The summed E-state index contributed by atoms with van der Waals surface area (Å²) in [7, 11) is 1.44. The molecule has 0 aliphatic carbocycles. The molecule has 8 heteroatoms. The number of likely N-dealkylation sites (N-methyl/N-ethyl adjacent to an activating group) is 1. The molecular formula is C22H25N3O5. The summed E-state index contributed by atoms with van der Waals surface area (Å²) in [6.07, 6.45) is 0.145. The van der Waals surface area contributed by atoms with Gasteiger partial charge in [-0.3, -0.25) is 19.2 Å². The first kappa shape index (κ1) is 22.6. The molecule has 0 saturated carbocycles. The third-order valence-corrected chi connectivity index (χ3v) is 4.14. The molecule has 0 aliphatic rings. The number of hydrogen-bond donors (Lipinski definition) is 2. The van der Waals surface area contributed by atoms with Crippen LogP contribution >= 0.6 is 0 Å². The van der Waals surface area contributed by atoms with Crippen LogP contribution in [0.3, 0.4) is 0 Å². The van der Waals surface area contributed by atoms with Gasteiger partial charge in [0.1, 0.15) is 6.54 Å². The number of esters is 1. The average molecular weight is 411 g/mol. The predicted octanol–water partition coefficient (Wildman–Crippen LogP) is 1.29. The summed E-state index contributed by atoms with van der Waals surface area (Å²) >= 11 is 0. The zero-order valence-corrected chi connectivity index (χ0v) is 17.0. The Morgan fingerprint density at radius 1 is 0.933 bits per heavy atom. The molecule has 2 aromatic carbocycles. The van der Waals surface area contributed by atoms with Crippen LogP contribution in [0.1, 0.15) is 11.1 Å². The Labute approximate surface area is 175 Å². The summed E-state index contributed by atoms with van der Waals surface area (Å²) in [6, 6.07) is 16.4. The average Bonchev–Trinajstić information content (AvgIpc) is 2.72. The number of amides is 3. The van der Waals surface area contributed by atoms with E-state index in [-0.39, 0.29) is 31.3 Å². The van der Waals surface area contributed by atoms with Crippen LogP contribution in [0.5, 0.6) is 0 Å². The van der Waals surface area contributed by atoms with Gasteiger partial charge in [-0.05, 0) is 24.6 Å². The Balaban J connectivity index is 1.65. The van der Waals surface area contributed by atoms with Crippen LogP contribution < -0.4 is 10.6 Å². The summed E-state index contributed by atoms with van der Waals surface area (Å²) in [5.74, 6) is -1.95. The Hall–Kier alpha value is -3.68. The molecule has 2 rings (SSSR count). The number of nitrogens with zero attached hydrogens (tertiary/aromatic N) is 1. The third kappa shape index (κ3) is 8.14. The molecule has 0 fully saturated rings. The van der Waals surface area contributed by atoms with Crippen LogP contribution in [-0.4, -0.2) is 55.3 Å². The molecule has 3 amide bonds. The van der Waals surface area contributed by atoms with Gasteiger partial charge in [0, 0.05) is 12.7 Å². The van der Waals surface area contributed by atoms with Crippen molar-refractivity contribution >= 4 is 29.4 Å². The number of ether oxygens (including phenoxy) is 1. The van der Waals surface area contributed by atoms with Gasteiger partial charge < -0.3 is 20.3 Å². The Morgan fingerprint density at radius 2 is 1.60 bits per heavy atom. The second kappa shape index (κ2) is 11.4. The van der Waals surface area contributed by atoms with Crippen molar-refractivity contribution in [1.29, 1.82) is 0 Å². The number of nitrogens with one attached hydrogen (secondary N) is 2. The number of carbonyl (C=O) groups is 4. The van der Waals surface area contributed by atoms with E-state index in [1.54, 1.807) is 24.3 Å². The maximum absolute atomic E-state index is 12.0. The quantitative estimate of drug-likeness (QED) is 0.605. The Morgan fingerprint density at radius 3 is 2.27 bits per heavy atom. The molecule has 0 atom stereocenters. The Bertz CT molecular complexity index is 881. The standard InChI is InChI=1S/C22H25N3O5/c1-16-8-10-18(11-9-16)24-20(27)14-25(2)21(28)15-30-22(29)13-23-19(26)12-17-6-4-3-5-7-17/h3-11H,12-15H2,1-2H3,(H,23,26)(H,24,27). The minimum absolute atomic E-state index is 0.145. The van der Waals surface area contributed by atoms with Crippen LogP contribution in [0.15, 0.2) is 54.6 Å². The molecule has 0 saturated heterocycles. The van der Waals surface area contributed by atoms with Crippen LogP contribution in [0.2, 0.25) is 0 Å². The summed E-state index contributed by atoms with van der Waals surface area (Å²) < 4.78 is 4.86. The van der Waals surface area contributed by atoms with E-state index in [0.717, 1.165) is 16.0 Å². The Kier molecular flexibility index (Phi) is 8.56. The maximum Gasteiger partial charge on any atom is 0.325 e. The molecule has 30 heavy (non-hydrogen) atoms. The molecule has 0 aromatic heterocycles. The minimum atomic E-state index is -0.734. The van der Waals surface area contributed by atoms with Crippen LogP contribution in [-0.2, 0) is 30.3 Å². The molecule has 158 valence electrons. The highest BCUT2D eigenvalue weighted by molar-refractivity contribution is 5.94. The summed E-state index contributed by atoms with van der Waals surface area (Å²) in [4.78, 5) is 48.8. The van der Waals surface area contributed by atoms with Crippen molar-refractivity contribution < 1.29 is 23.9 Å². The predicted molar refractivity (Wildman–Crippen MR) is 112 cm³/mol. The zero-order chi connectivity index (χ0) is 21.9. The zero-order valence-electron chi connectivity index (χ0n) is 17.0. The van der Waals surface area contributed by atoms with E-state index in [9.17, 15) is 19.2 Å². The lowest BCUT2D eigenvalue weighted by Crippen LogP contribution is -2.38. The van der Waals surface area contributed by atoms with Gasteiger partial charge in [0.25, 0.3) is 5.91 Å². The number of rotatable bonds is 9. The van der Waals surface area contributed by atoms with Gasteiger partial charge in [0.2, 0.25) is 11.8 Å². The molecule has 0 unspecified atom stereocenters. The molecule has 0 spiro atoms. The lowest BCUT2D eigenvalue weighted by atomic mass is 10.1. The molecule has 8 nitrogen and oxygen atoms in total. The van der Waals surface area contributed by atoms with E-state index in [1.807, 2.05) is 37.3 Å². The number of aryl methyl sites for hydroxylation is 1. The van der Waals surface area contributed by atoms with E-state index in [2.05, 4.69) is 10.6 Å². The van der Waals surface area contributed by atoms with Gasteiger partial charge in [-0.15, -0.1) is 0 Å². The molecule has 0 heterocycles. The first-order valence-electron chi connectivity index (χ1n) is 9.40. The highest BCUT2D eigenvalue weighted by atomic mass is 16.5. The van der Waals surface area contributed by atoms with Crippen molar-refractivity contribution in [1.82, 2.24) is 10.2 Å². The van der Waals surface area contributed by atoms with Crippen molar-refractivity contribution in [2.24, 2.45) is 0 Å². The van der Waals surface area contributed by atoms with Gasteiger partial charge in [-0.2, -0.15) is 0 Å². The monoisotopic (exact) mass is 411 g/mol. The molecular weight excluding hydrogens is 386 g/mol. The second-order valence-corrected chi connectivity index (χ2v) is 6.76. The molecule has 2 N–H and O–H groups in total. The number of carbonyl (C=O) groups excluding carboxylic acids is 4. The van der Waals surface area contributed by atoms with E-state index in [1.165, 1.54) is 7.05 Å². The smallest absolute Gasteiger partial charge is 0.325 e. The van der Waals surface area contributed by atoms with Gasteiger partial charge in [0.15, 0.2) is 6.61 Å². The van der Waals surface area contributed by atoms with Crippen LogP contribution in [0, 0.1) is 6.92 Å². The van der Waals surface area contributed by atoms with Crippen molar-refractivity contribution in [2.75, 3.05) is 32.1 Å². The first-order valence-corrected chi connectivity index (χ1v) is 9.40.